The van der Waals surface area contributed by atoms with E-state index in [1.807, 2.05) is 24.5 Å². The second-order valence-corrected chi connectivity index (χ2v) is 15.2. The molecule has 5 heterocycles. The standard InChI is InChI=1S/C44H48N8/c1-30(38-18-23-50(28-38)43-46-21-16-41(48-43)36-13-11-32-7-3-5-9-34(32)25-36)52(40-15-20-45-27-40)31(2)39-19-24-51(29-39)44-47-22-17-42(49-44)37-14-12-33-8-4-6-10-35(33)26-37/h3-14,16-17,21-22,25-26,30-31,38-40,45H,15,18-20,23-24,27-29H2,1-2H3/t30?,31?,38?,39?,40-/m1/s1. The van der Waals surface area contributed by atoms with Crippen LogP contribution in [0, 0.1) is 11.8 Å². The summed E-state index contributed by atoms with van der Waals surface area (Å²) in [6, 6.07) is 35.8. The van der Waals surface area contributed by atoms with E-state index in [0.717, 1.165) is 86.5 Å². The molecule has 0 aliphatic carbocycles. The van der Waals surface area contributed by atoms with E-state index in [9.17, 15) is 0 Å². The maximum Gasteiger partial charge on any atom is 0.225 e. The highest BCUT2D eigenvalue weighted by Crippen LogP contribution is 2.35. The number of nitrogens with one attached hydrogen (secondary N) is 1. The third-order valence-corrected chi connectivity index (χ3v) is 12.2. The molecule has 6 aromatic rings. The lowest BCUT2D eigenvalue weighted by molar-refractivity contribution is 0.0489. The normalized spacial score (nSPS) is 21.8. The lowest BCUT2D eigenvalue weighted by Crippen LogP contribution is -2.54. The minimum absolute atomic E-state index is 0.454. The van der Waals surface area contributed by atoms with Gasteiger partial charge < -0.3 is 15.1 Å². The summed E-state index contributed by atoms with van der Waals surface area (Å²) in [6.07, 6.45) is 7.36. The van der Waals surface area contributed by atoms with Crippen LogP contribution in [0.1, 0.15) is 33.1 Å². The van der Waals surface area contributed by atoms with Gasteiger partial charge in [-0.15, -0.1) is 0 Å². The molecular formula is C44H48N8. The Morgan fingerprint density at radius 2 is 1.12 bits per heavy atom. The maximum absolute atomic E-state index is 5.10. The van der Waals surface area contributed by atoms with Gasteiger partial charge in [0.15, 0.2) is 0 Å². The Labute approximate surface area is 306 Å². The summed E-state index contributed by atoms with van der Waals surface area (Å²) in [7, 11) is 0. The highest BCUT2D eigenvalue weighted by molar-refractivity contribution is 5.87. The molecule has 5 atom stereocenters. The molecule has 0 bridgehead atoms. The van der Waals surface area contributed by atoms with Crippen molar-refractivity contribution in [3.8, 4) is 22.5 Å². The van der Waals surface area contributed by atoms with Crippen LogP contribution in [0.25, 0.3) is 44.1 Å². The van der Waals surface area contributed by atoms with Crippen LogP contribution in [-0.2, 0) is 0 Å². The number of nitrogens with zero attached hydrogens (tertiary/aromatic N) is 7. The number of hydrogen-bond donors (Lipinski definition) is 1. The minimum Gasteiger partial charge on any atom is -0.340 e. The fraction of sp³-hybridized carbons (Fsp3) is 0.364. The van der Waals surface area contributed by atoms with Gasteiger partial charge in [0.05, 0.1) is 11.4 Å². The van der Waals surface area contributed by atoms with E-state index >= 15 is 0 Å². The van der Waals surface area contributed by atoms with Crippen molar-refractivity contribution in [3.63, 3.8) is 0 Å². The van der Waals surface area contributed by atoms with E-state index in [4.69, 9.17) is 19.9 Å². The maximum atomic E-state index is 5.10. The Kier molecular flexibility index (Phi) is 9.03. The van der Waals surface area contributed by atoms with Gasteiger partial charge in [0.25, 0.3) is 0 Å². The molecule has 264 valence electrons. The first-order valence-corrected chi connectivity index (χ1v) is 19.2. The van der Waals surface area contributed by atoms with Gasteiger partial charge in [0.1, 0.15) is 0 Å². The fourth-order valence-corrected chi connectivity index (χ4v) is 9.16. The van der Waals surface area contributed by atoms with Crippen LogP contribution in [-0.4, -0.2) is 82.2 Å². The number of rotatable bonds is 9. The van der Waals surface area contributed by atoms with Crippen LogP contribution < -0.4 is 15.1 Å². The SMILES string of the molecule is CC(C1CCN(c2nccc(-c3ccc4ccccc4c3)n2)C1)N(C(C)C1CCN(c2nccc(-c3ccc4ccccc4c3)n2)C1)[C@@H]1CCNC1. The third-order valence-electron chi connectivity index (χ3n) is 12.2. The molecule has 8 heteroatoms. The van der Waals surface area contributed by atoms with Crippen LogP contribution in [0.2, 0.25) is 0 Å². The lowest BCUT2D eigenvalue weighted by atomic mass is 9.90. The summed E-state index contributed by atoms with van der Waals surface area (Å²) in [5.74, 6) is 2.80. The number of benzene rings is 4. The van der Waals surface area contributed by atoms with Gasteiger partial charge in [0, 0.05) is 74.4 Å². The predicted octanol–water partition coefficient (Wildman–Crippen LogP) is 7.70. The zero-order valence-corrected chi connectivity index (χ0v) is 30.3. The summed E-state index contributed by atoms with van der Waals surface area (Å²) in [5, 5.41) is 8.64. The minimum atomic E-state index is 0.454. The van der Waals surface area contributed by atoms with Crippen molar-refractivity contribution >= 4 is 33.4 Å². The van der Waals surface area contributed by atoms with Gasteiger partial charge in [0.2, 0.25) is 11.9 Å². The van der Waals surface area contributed by atoms with Crippen molar-refractivity contribution in [1.82, 2.24) is 30.2 Å². The summed E-state index contributed by atoms with van der Waals surface area (Å²) in [6.45, 7) is 11.1. The summed E-state index contributed by atoms with van der Waals surface area (Å²) >= 11 is 0. The van der Waals surface area contributed by atoms with Crippen molar-refractivity contribution in [2.75, 3.05) is 49.1 Å². The largest absolute Gasteiger partial charge is 0.340 e. The molecule has 52 heavy (non-hydrogen) atoms. The molecule has 3 saturated heterocycles. The van der Waals surface area contributed by atoms with Crippen molar-refractivity contribution in [2.24, 2.45) is 11.8 Å². The van der Waals surface area contributed by atoms with Gasteiger partial charge in [-0.2, -0.15) is 0 Å². The molecule has 3 aliphatic heterocycles. The van der Waals surface area contributed by atoms with Gasteiger partial charge in [-0.25, -0.2) is 19.9 Å². The number of anilines is 2. The van der Waals surface area contributed by atoms with Gasteiger partial charge >= 0.3 is 0 Å². The molecule has 4 unspecified atom stereocenters. The highest BCUT2D eigenvalue weighted by Gasteiger charge is 2.41. The van der Waals surface area contributed by atoms with E-state index in [-0.39, 0.29) is 0 Å². The smallest absolute Gasteiger partial charge is 0.225 e. The summed E-state index contributed by atoms with van der Waals surface area (Å²) in [4.78, 5) is 27.5. The second-order valence-electron chi connectivity index (χ2n) is 15.2. The van der Waals surface area contributed by atoms with Gasteiger partial charge in [-0.1, -0.05) is 72.8 Å². The number of hydrogen-bond acceptors (Lipinski definition) is 8. The first-order valence-electron chi connectivity index (χ1n) is 19.2. The molecule has 0 radical (unpaired) electrons. The Morgan fingerprint density at radius 3 is 1.60 bits per heavy atom. The van der Waals surface area contributed by atoms with Crippen molar-refractivity contribution < 1.29 is 0 Å². The molecule has 0 saturated carbocycles. The Hall–Kier alpha value is -4.92. The number of aromatic nitrogens is 4. The summed E-state index contributed by atoms with van der Waals surface area (Å²) in [5.41, 5.74) is 4.24. The van der Waals surface area contributed by atoms with Crippen LogP contribution in [0.15, 0.2) is 109 Å². The molecule has 4 aromatic carbocycles. The van der Waals surface area contributed by atoms with Gasteiger partial charge in [-0.3, -0.25) is 4.90 Å². The zero-order valence-electron chi connectivity index (χ0n) is 30.3. The average Bonchev–Trinajstić information content (AvgIpc) is 4.01. The van der Waals surface area contributed by atoms with E-state index in [1.165, 1.54) is 28.0 Å². The van der Waals surface area contributed by atoms with E-state index < -0.39 is 0 Å². The van der Waals surface area contributed by atoms with E-state index in [0.29, 0.717) is 30.0 Å². The van der Waals surface area contributed by atoms with Crippen molar-refractivity contribution in [1.29, 1.82) is 0 Å². The zero-order chi connectivity index (χ0) is 35.0. The second kappa shape index (κ2) is 14.2. The predicted molar refractivity (Wildman–Crippen MR) is 213 cm³/mol. The molecule has 8 nitrogen and oxygen atoms in total. The average molecular weight is 689 g/mol. The van der Waals surface area contributed by atoms with Crippen molar-refractivity contribution in [3.05, 3.63) is 109 Å². The highest BCUT2D eigenvalue weighted by atomic mass is 15.3. The quantitative estimate of drug-likeness (QED) is 0.166. The Balaban J connectivity index is 0.892. The van der Waals surface area contributed by atoms with E-state index in [2.05, 4.69) is 119 Å². The molecular weight excluding hydrogens is 641 g/mol. The Morgan fingerprint density at radius 1 is 0.615 bits per heavy atom. The topological polar surface area (TPSA) is 73.3 Å². The molecule has 2 aromatic heterocycles. The summed E-state index contributed by atoms with van der Waals surface area (Å²) < 4.78 is 0. The third kappa shape index (κ3) is 6.50. The van der Waals surface area contributed by atoms with E-state index in [1.54, 1.807) is 0 Å². The first kappa shape index (κ1) is 33.0. The molecule has 9 rings (SSSR count). The Bertz CT molecular complexity index is 2030. The van der Waals surface area contributed by atoms with Gasteiger partial charge in [-0.05, 0) is 97.3 Å². The van der Waals surface area contributed by atoms with Crippen LogP contribution >= 0.6 is 0 Å². The van der Waals surface area contributed by atoms with Crippen LogP contribution in [0.3, 0.4) is 0 Å². The van der Waals surface area contributed by atoms with Crippen LogP contribution in [0.5, 0.6) is 0 Å². The number of fused-ring (bicyclic) bond motifs is 2. The molecule has 0 amide bonds. The molecule has 1 N–H and O–H groups in total. The fourth-order valence-electron chi connectivity index (χ4n) is 9.16. The molecule has 3 aliphatic rings. The lowest BCUT2D eigenvalue weighted by Gasteiger charge is -2.44. The molecule has 3 fully saturated rings. The first-order chi connectivity index (χ1) is 25.6. The van der Waals surface area contributed by atoms with Crippen molar-refractivity contribution in [2.45, 2.75) is 51.2 Å². The molecule has 0 spiro atoms. The van der Waals surface area contributed by atoms with Crippen LogP contribution in [0.4, 0.5) is 11.9 Å². The monoisotopic (exact) mass is 688 g/mol.